The summed E-state index contributed by atoms with van der Waals surface area (Å²) in [5, 5.41) is 15.3. The van der Waals surface area contributed by atoms with E-state index in [-0.39, 0.29) is 41.7 Å². The average molecular weight is 550 g/mol. The van der Waals surface area contributed by atoms with Gasteiger partial charge >= 0.3 is 0 Å². The van der Waals surface area contributed by atoms with Crippen molar-refractivity contribution in [2.24, 2.45) is 5.73 Å². The number of nitrogens with two attached hydrogens (primary N) is 1. The first kappa shape index (κ1) is 27.6. The molecule has 202 valence electrons. The first-order valence-electron chi connectivity index (χ1n) is 12.3. The molecule has 3 aromatic carbocycles. The Morgan fingerprint density at radius 1 is 1.15 bits per heavy atom. The van der Waals surface area contributed by atoms with E-state index in [0.29, 0.717) is 17.9 Å². The van der Waals surface area contributed by atoms with Crippen molar-refractivity contribution in [3.63, 3.8) is 0 Å². The minimum absolute atomic E-state index is 0.00408. The van der Waals surface area contributed by atoms with Crippen LogP contribution < -0.4 is 15.8 Å². The number of carbonyl (C=O) groups is 2. The van der Waals surface area contributed by atoms with Gasteiger partial charge in [0.15, 0.2) is 0 Å². The lowest BCUT2D eigenvalue weighted by Crippen LogP contribution is -2.43. The van der Waals surface area contributed by atoms with E-state index in [1.807, 2.05) is 30.5 Å². The number of ether oxygens (including phenoxy) is 1. The topological polar surface area (TPSA) is 144 Å². The molecule has 10 nitrogen and oxygen atoms in total. The molecule has 1 heterocycles. The number of nitro groups is 1. The number of aromatic nitrogens is 1. The Balaban J connectivity index is 1.73. The quantitative estimate of drug-likeness (QED) is 0.180. The number of nitro benzene ring substituents is 1. The van der Waals surface area contributed by atoms with Crippen LogP contribution in [0.3, 0.4) is 0 Å². The predicted molar refractivity (Wildman–Crippen MR) is 150 cm³/mol. The summed E-state index contributed by atoms with van der Waals surface area (Å²) in [5.74, 6) is -0.172. The van der Waals surface area contributed by atoms with Gasteiger partial charge < -0.3 is 25.7 Å². The summed E-state index contributed by atoms with van der Waals surface area (Å²) in [4.78, 5) is 42.7. The van der Waals surface area contributed by atoms with Gasteiger partial charge in [-0.1, -0.05) is 35.9 Å². The SMILES string of the molecule is COc1ccc2c(CCN(C(=O)CCN)C(C(=O)Nc3ccccc3)c3ccc(Cl)c([N+](=O)[O-])c3)c[nH]c2c1. The molecule has 4 N–H and O–H groups in total. The number of anilines is 1. The minimum atomic E-state index is -1.18. The number of aromatic amines is 1. The Bertz CT molecular complexity index is 1490. The molecule has 0 aliphatic rings. The molecule has 1 atom stereocenters. The van der Waals surface area contributed by atoms with Crippen molar-refractivity contribution >= 4 is 45.7 Å². The van der Waals surface area contributed by atoms with E-state index in [4.69, 9.17) is 22.1 Å². The Morgan fingerprint density at radius 2 is 1.92 bits per heavy atom. The third kappa shape index (κ3) is 6.36. The number of fused-ring (bicyclic) bond motifs is 1. The fraction of sp³-hybridized carbons (Fsp3) is 0.214. The molecule has 4 rings (SSSR count). The number of nitrogens with one attached hydrogen (secondary N) is 2. The smallest absolute Gasteiger partial charge is 0.288 e. The van der Waals surface area contributed by atoms with Gasteiger partial charge in [-0.3, -0.25) is 19.7 Å². The van der Waals surface area contributed by atoms with Crippen LogP contribution in [0.15, 0.2) is 72.9 Å². The van der Waals surface area contributed by atoms with Crippen molar-refractivity contribution in [1.82, 2.24) is 9.88 Å². The van der Waals surface area contributed by atoms with Crippen molar-refractivity contribution < 1.29 is 19.2 Å². The summed E-state index contributed by atoms with van der Waals surface area (Å²) in [5.41, 5.74) is 7.94. The molecule has 0 fully saturated rings. The number of halogens is 1. The number of hydrogen-bond acceptors (Lipinski definition) is 6. The summed E-state index contributed by atoms with van der Waals surface area (Å²) in [6.45, 7) is 0.233. The van der Waals surface area contributed by atoms with E-state index in [1.165, 1.54) is 23.1 Å². The van der Waals surface area contributed by atoms with Crippen LogP contribution in [-0.2, 0) is 16.0 Å². The van der Waals surface area contributed by atoms with Gasteiger partial charge in [0.25, 0.3) is 11.6 Å². The Morgan fingerprint density at radius 3 is 2.62 bits per heavy atom. The van der Waals surface area contributed by atoms with E-state index >= 15 is 0 Å². The largest absolute Gasteiger partial charge is 0.497 e. The molecule has 0 aliphatic carbocycles. The van der Waals surface area contributed by atoms with Crippen LogP contribution in [-0.4, -0.2) is 46.8 Å². The average Bonchev–Trinajstić information content (AvgIpc) is 3.34. The van der Waals surface area contributed by atoms with Gasteiger partial charge in [0.1, 0.15) is 16.8 Å². The fourth-order valence-corrected chi connectivity index (χ4v) is 4.64. The van der Waals surface area contributed by atoms with Crippen LogP contribution in [0.2, 0.25) is 5.02 Å². The Hall–Kier alpha value is -4.41. The number of carbonyl (C=O) groups excluding carboxylic acids is 2. The van der Waals surface area contributed by atoms with E-state index in [2.05, 4.69) is 10.3 Å². The summed E-state index contributed by atoms with van der Waals surface area (Å²) in [7, 11) is 1.59. The maximum absolute atomic E-state index is 13.7. The van der Waals surface area contributed by atoms with Crippen LogP contribution in [0.5, 0.6) is 5.75 Å². The predicted octanol–water partition coefficient (Wildman–Crippen LogP) is 4.84. The lowest BCUT2D eigenvalue weighted by molar-refractivity contribution is -0.384. The second-order valence-corrected chi connectivity index (χ2v) is 9.23. The molecule has 0 bridgehead atoms. The zero-order valence-electron chi connectivity index (χ0n) is 21.2. The number of H-pyrrole nitrogens is 1. The minimum Gasteiger partial charge on any atom is -0.497 e. The lowest BCUT2D eigenvalue weighted by Gasteiger charge is -2.31. The van der Waals surface area contributed by atoms with Gasteiger partial charge in [0.05, 0.1) is 12.0 Å². The molecule has 0 radical (unpaired) electrons. The zero-order chi connectivity index (χ0) is 27.9. The Labute approximate surface area is 229 Å². The van der Waals surface area contributed by atoms with E-state index in [9.17, 15) is 19.7 Å². The molecular formula is C28H28ClN5O5. The molecule has 2 amide bonds. The van der Waals surface area contributed by atoms with Crippen molar-refractivity contribution in [2.45, 2.75) is 18.9 Å². The number of nitrogens with zero attached hydrogens (tertiary/aromatic N) is 2. The maximum atomic E-state index is 13.7. The molecular weight excluding hydrogens is 522 g/mol. The Kier molecular flexibility index (Phi) is 8.80. The molecule has 0 saturated carbocycles. The molecule has 39 heavy (non-hydrogen) atoms. The number of benzene rings is 3. The second-order valence-electron chi connectivity index (χ2n) is 8.83. The first-order chi connectivity index (χ1) is 18.8. The van der Waals surface area contributed by atoms with Crippen LogP contribution in [0.4, 0.5) is 11.4 Å². The van der Waals surface area contributed by atoms with Crippen LogP contribution in [0.25, 0.3) is 10.9 Å². The summed E-state index contributed by atoms with van der Waals surface area (Å²) >= 11 is 6.05. The molecule has 0 saturated heterocycles. The van der Waals surface area contributed by atoms with Crippen LogP contribution in [0, 0.1) is 10.1 Å². The molecule has 1 unspecified atom stereocenters. The van der Waals surface area contributed by atoms with Gasteiger partial charge in [-0.25, -0.2) is 0 Å². The standard InChI is InChI=1S/C28H28ClN5O5/c1-39-21-8-9-22-19(17-31-24(22)16-21)12-14-33(26(35)11-13-30)27(28(36)32-20-5-3-2-4-6-20)18-7-10-23(29)25(15-18)34(37)38/h2-10,15-17,27,31H,11-14,30H2,1H3,(H,32,36). The third-order valence-electron chi connectivity index (χ3n) is 6.36. The number of amides is 2. The highest BCUT2D eigenvalue weighted by molar-refractivity contribution is 6.32. The summed E-state index contributed by atoms with van der Waals surface area (Å²) in [6, 6.07) is 17.3. The zero-order valence-corrected chi connectivity index (χ0v) is 22.0. The molecule has 11 heteroatoms. The number of para-hydroxylation sites is 1. The lowest BCUT2D eigenvalue weighted by atomic mass is 10.0. The molecule has 1 aromatic heterocycles. The molecule has 0 aliphatic heterocycles. The van der Waals surface area contributed by atoms with E-state index in [1.54, 1.807) is 31.4 Å². The number of rotatable bonds is 11. The van der Waals surface area contributed by atoms with Crippen molar-refractivity contribution in [1.29, 1.82) is 0 Å². The van der Waals surface area contributed by atoms with Crippen molar-refractivity contribution in [2.75, 3.05) is 25.5 Å². The maximum Gasteiger partial charge on any atom is 0.288 e. The second kappa shape index (κ2) is 12.4. The van der Waals surface area contributed by atoms with Gasteiger partial charge in [0.2, 0.25) is 5.91 Å². The van der Waals surface area contributed by atoms with Crippen molar-refractivity contribution in [3.05, 3.63) is 99.2 Å². The van der Waals surface area contributed by atoms with Gasteiger partial charge in [-0.05, 0) is 47.9 Å². The summed E-state index contributed by atoms with van der Waals surface area (Å²) < 4.78 is 5.29. The number of methoxy groups -OCH3 is 1. The van der Waals surface area contributed by atoms with Gasteiger partial charge in [-0.15, -0.1) is 0 Å². The normalized spacial score (nSPS) is 11.7. The highest BCUT2D eigenvalue weighted by Crippen LogP contribution is 2.32. The first-order valence-corrected chi connectivity index (χ1v) is 12.6. The monoisotopic (exact) mass is 549 g/mol. The number of hydrogen-bond donors (Lipinski definition) is 3. The highest BCUT2D eigenvalue weighted by atomic mass is 35.5. The molecule has 4 aromatic rings. The van der Waals surface area contributed by atoms with Gasteiger partial charge in [-0.2, -0.15) is 0 Å². The summed E-state index contributed by atoms with van der Waals surface area (Å²) in [6.07, 6.45) is 2.26. The van der Waals surface area contributed by atoms with E-state index < -0.39 is 16.9 Å². The fourth-order valence-electron chi connectivity index (χ4n) is 4.45. The van der Waals surface area contributed by atoms with E-state index in [0.717, 1.165) is 16.5 Å². The van der Waals surface area contributed by atoms with Gasteiger partial charge in [0, 0.05) is 54.4 Å². The third-order valence-corrected chi connectivity index (χ3v) is 6.68. The van der Waals surface area contributed by atoms with Crippen LogP contribution in [0.1, 0.15) is 23.6 Å². The van der Waals surface area contributed by atoms with Crippen LogP contribution >= 0.6 is 11.6 Å². The highest BCUT2D eigenvalue weighted by Gasteiger charge is 2.33. The van der Waals surface area contributed by atoms with Crippen molar-refractivity contribution in [3.8, 4) is 5.75 Å². The molecule has 0 spiro atoms.